The Morgan fingerprint density at radius 3 is 2.36 bits per heavy atom. The lowest BCUT2D eigenvalue weighted by Gasteiger charge is -2.29. The van der Waals surface area contributed by atoms with E-state index < -0.39 is 0 Å². The molecular formula is C21H25N3O4. The van der Waals surface area contributed by atoms with E-state index in [9.17, 15) is 4.79 Å². The molecule has 1 amide bonds. The molecule has 148 valence electrons. The predicted molar refractivity (Wildman–Crippen MR) is 105 cm³/mol. The Kier molecular flexibility index (Phi) is 6.13. The van der Waals surface area contributed by atoms with E-state index in [0.717, 1.165) is 25.4 Å². The monoisotopic (exact) mass is 383 g/mol. The molecule has 1 aromatic heterocycles. The molecule has 2 saturated heterocycles. The molecule has 0 radical (unpaired) electrons. The molecule has 3 atom stereocenters. The molecule has 28 heavy (non-hydrogen) atoms. The van der Waals surface area contributed by atoms with Crippen LogP contribution in [0.3, 0.4) is 0 Å². The van der Waals surface area contributed by atoms with E-state index in [4.69, 9.17) is 14.6 Å². The number of rotatable bonds is 3. The van der Waals surface area contributed by atoms with E-state index in [0.29, 0.717) is 11.8 Å². The molecule has 0 bridgehead atoms. The summed E-state index contributed by atoms with van der Waals surface area (Å²) in [6, 6.07) is 12.4. The van der Waals surface area contributed by atoms with Gasteiger partial charge in [-0.2, -0.15) is 0 Å². The third kappa shape index (κ3) is 3.93. The van der Waals surface area contributed by atoms with E-state index in [1.165, 1.54) is 11.3 Å². The second-order valence-corrected chi connectivity index (χ2v) is 7.03. The van der Waals surface area contributed by atoms with Crippen LogP contribution >= 0.6 is 0 Å². The molecule has 7 nitrogen and oxygen atoms in total. The molecular weight excluding hydrogens is 358 g/mol. The van der Waals surface area contributed by atoms with Crippen molar-refractivity contribution in [2.75, 3.05) is 31.6 Å². The zero-order valence-corrected chi connectivity index (χ0v) is 16.1. The first-order chi connectivity index (χ1) is 13.6. The summed E-state index contributed by atoms with van der Waals surface area (Å²) in [5, 5.41) is 6.89. The molecule has 3 heterocycles. The summed E-state index contributed by atoms with van der Waals surface area (Å²) in [7, 11) is 1.67. The van der Waals surface area contributed by atoms with Crippen molar-refractivity contribution in [2.24, 2.45) is 11.8 Å². The Morgan fingerprint density at radius 1 is 1.14 bits per heavy atom. The van der Waals surface area contributed by atoms with Crippen LogP contribution in [0.2, 0.25) is 0 Å². The van der Waals surface area contributed by atoms with Gasteiger partial charge in [-0.15, -0.1) is 0 Å². The number of carbonyl (C=O) groups excluding carboxylic acids is 1. The van der Waals surface area contributed by atoms with Gasteiger partial charge in [-0.1, -0.05) is 12.1 Å². The van der Waals surface area contributed by atoms with Crippen molar-refractivity contribution in [3.05, 3.63) is 54.4 Å². The van der Waals surface area contributed by atoms with Crippen molar-refractivity contribution in [3.8, 4) is 5.75 Å². The lowest BCUT2D eigenvalue weighted by molar-refractivity contribution is -0.130. The van der Waals surface area contributed by atoms with Crippen LogP contribution in [-0.2, 0) is 9.59 Å². The van der Waals surface area contributed by atoms with Gasteiger partial charge in [-0.3, -0.25) is 14.6 Å². The Hall–Kier alpha value is -3.09. The maximum Gasteiger partial charge on any atom is 0.290 e. The normalized spacial score (nSPS) is 22.9. The number of methoxy groups -OCH3 is 1. The number of ether oxygens (including phenoxy) is 1. The number of fused-ring (bicyclic) bond motifs is 1. The predicted octanol–water partition coefficient (Wildman–Crippen LogP) is 2.45. The van der Waals surface area contributed by atoms with E-state index >= 15 is 0 Å². The molecule has 2 aliphatic rings. The summed E-state index contributed by atoms with van der Waals surface area (Å²) in [5.41, 5.74) is 2.41. The number of carboxylic acid groups (broad SMARTS) is 1. The van der Waals surface area contributed by atoms with Gasteiger partial charge >= 0.3 is 0 Å². The largest absolute Gasteiger partial charge is 0.497 e. The summed E-state index contributed by atoms with van der Waals surface area (Å²) in [6.07, 6.45) is 3.68. The second-order valence-electron chi connectivity index (χ2n) is 7.03. The van der Waals surface area contributed by atoms with Gasteiger partial charge in [0.1, 0.15) is 5.75 Å². The van der Waals surface area contributed by atoms with Crippen LogP contribution in [0.5, 0.6) is 5.75 Å². The fourth-order valence-corrected chi connectivity index (χ4v) is 4.36. The molecule has 1 N–H and O–H groups in total. The highest BCUT2D eigenvalue weighted by molar-refractivity contribution is 5.74. The number of carbonyl (C=O) groups is 2. The first-order valence-electron chi connectivity index (χ1n) is 9.23. The van der Waals surface area contributed by atoms with Crippen LogP contribution in [0.25, 0.3) is 0 Å². The molecule has 1 aromatic carbocycles. The van der Waals surface area contributed by atoms with Gasteiger partial charge in [0.25, 0.3) is 6.47 Å². The number of aromatic nitrogens is 1. The maximum atomic E-state index is 12.2. The number of pyridine rings is 1. The molecule has 2 fully saturated rings. The fourth-order valence-electron chi connectivity index (χ4n) is 4.36. The van der Waals surface area contributed by atoms with Crippen LogP contribution in [-0.4, -0.2) is 54.1 Å². The third-order valence-corrected chi connectivity index (χ3v) is 5.55. The summed E-state index contributed by atoms with van der Waals surface area (Å²) in [6.45, 7) is 4.22. The lowest BCUT2D eigenvalue weighted by Crippen LogP contribution is -2.34. The molecule has 0 saturated carbocycles. The average molecular weight is 383 g/mol. The minimum atomic E-state index is -0.250. The van der Waals surface area contributed by atoms with Crippen molar-refractivity contribution in [1.82, 2.24) is 9.88 Å². The van der Waals surface area contributed by atoms with Crippen molar-refractivity contribution >= 4 is 18.1 Å². The summed E-state index contributed by atoms with van der Waals surface area (Å²) in [5.74, 6) is 1.96. The van der Waals surface area contributed by atoms with Crippen LogP contribution < -0.4 is 9.64 Å². The molecule has 0 spiro atoms. The number of anilines is 1. The van der Waals surface area contributed by atoms with Crippen LogP contribution in [0.4, 0.5) is 5.69 Å². The van der Waals surface area contributed by atoms with Gasteiger partial charge in [0.2, 0.25) is 5.91 Å². The number of likely N-dealkylation sites (tertiary alicyclic amines) is 1. The molecule has 0 aliphatic carbocycles. The van der Waals surface area contributed by atoms with Crippen molar-refractivity contribution in [3.63, 3.8) is 0 Å². The highest BCUT2D eigenvalue weighted by Crippen LogP contribution is 2.46. The molecule has 2 aliphatic heterocycles. The standard InChI is InChI=1S/C20H23N3O2.CH2O2/c1-14(24)23-12-16-11-22(17-7-9-21-10-8-17)13-19(16)20(23)15-3-5-18(25-2)6-4-15;2-1-3/h3-10,16,19-20H,11-13H2,1-2H3;1H,(H,2,3)/t16-,19-,20+;/m1./s1. The molecule has 2 aromatic rings. The van der Waals surface area contributed by atoms with Crippen LogP contribution in [0.15, 0.2) is 48.8 Å². The van der Waals surface area contributed by atoms with E-state index in [1.807, 2.05) is 29.4 Å². The third-order valence-electron chi connectivity index (χ3n) is 5.55. The quantitative estimate of drug-likeness (QED) is 0.820. The van der Waals surface area contributed by atoms with Gasteiger partial charge in [-0.25, -0.2) is 0 Å². The molecule has 0 unspecified atom stereocenters. The van der Waals surface area contributed by atoms with Crippen molar-refractivity contribution < 1.29 is 19.4 Å². The number of amides is 1. The number of nitrogens with zero attached hydrogens (tertiary/aromatic N) is 3. The van der Waals surface area contributed by atoms with Gasteiger partial charge < -0.3 is 19.6 Å². The van der Waals surface area contributed by atoms with E-state index in [1.54, 1.807) is 14.0 Å². The minimum Gasteiger partial charge on any atom is -0.497 e. The Labute approximate surface area is 164 Å². The summed E-state index contributed by atoms with van der Waals surface area (Å²) >= 11 is 0. The van der Waals surface area contributed by atoms with Gasteiger partial charge in [-0.05, 0) is 29.8 Å². The van der Waals surface area contributed by atoms with Gasteiger partial charge in [0.15, 0.2) is 0 Å². The second kappa shape index (κ2) is 8.73. The van der Waals surface area contributed by atoms with Crippen LogP contribution in [0, 0.1) is 11.8 Å². The topological polar surface area (TPSA) is 83.0 Å². The van der Waals surface area contributed by atoms with Gasteiger partial charge in [0.05, 0.1) is 13.2 Å². The van der Waals surface area contributed by atoms with Gasteiger partial charge in [0, 0.05) is 56.5 Å². The fraction of sp³-hybridized carbons (Fsp3) is 0.381. The Balaban J connectivity index is 0.000000706. The highest BCUT2D eigenvalue weighted by Gasteiger charge is 2.48. The van der Waals surface area contributed by atoms with Crippen LogP contribution in [0.1, 0.15) is 18.5 Å². The molecule has 4 rings (SSSR count). The molecule has 7 heteroatoms. The number of hydrogen-bond donors (Lipinski definition) is 1. The van der Waals surface area contributed by atoms with Crippen molar-refractivity contribution in [1.29, 1.82) is 0 Å². The Morgan fingerprint density at radius 2 is 1.79 bits per heavy atom. The first-order valence-corrected chi connectivity index (χ1v) is 9.23. The minimum absolute atomic E-state index is 0.139. The zero-order chi connectivity index (χ0) is 20.1. The highest BCUT2D eigenvalue weighted by atomic mass is 16.5. The zero-order valence-electron chi connectivity index (χ0n) is 16.1. The SMILES string of the molecule is COc1ccc([C@H]2[C@@H]3CN(c4ccncc4)C[C@@H]3CN2C(C)=O)cc1.O=CO. The lowest BCUT2D eigenvalue weighted by atomic mass is 9.89. The van der Waals surface area contributed by atoms with Crippen molar-refractivity contribution in [2.45, 2.75) is 13.0 Å². The smallest absolute Gasteiger partial charge is 0.290 e. The summed E-state index contributed by atoms with van der Waals surface area (Å²) < 4.78 is 5.27. The number of hydrogen-bond acceptors (Lipinski definition) is 5. The number of benzene rings is 1. The van der Waals surface area contributed by atoms with E-state index in [-0.39, 0.29) is 18.4 Å². The van der Waals surface area contributed by atoms with E-state index in [2.05, 4.69) is 34.1 Å². The summed E-state index contributed by atoms with van der Waals surface area (Å²) in [4.78, 5) is 29.2. The maximum absolute atomic E-state index is 12.2. The average Bonchev–Trinajstić information content (AvgIpc) is 3.27. The first kappa shape index (κ1) is 19.7. The Bertz CT molecular complexity index is 797.